The molecule has 1 aliphatic heterocycles. The highest BCUT2D eigenvalue weighted by atomic mass is 32.1. The summed E-state index contributed by atoms with van der Waals surface area (Å²) in [5, 5.41) is 6.72. The Balaban J connectivity index is 2.38. The van der Waals surface area contributed by atoms with Crippen molar-refractivity contribution in [2.45, 2.75) is 19.8 Å². The third-order valence-electron chi connectivity index (χ3n) is 2.03. The predicted octanol–water partition coefficient (Wildman–Crippen LogP) is 2.68. The van der Waals surface area contributed by atoms with Crippen molar-refractivity contribution in [1.82, 2.24) is 0 Å². The fraction of sp³-hybridized carbons (Fsp3) is 0.556. The van der Waals surface area contributed by atoms with E-state index in [1.54, 1.807) is 11.3 Å². The molecule has 3 heteroatoms. The summed E-state index contributed by atoms with van der Waals surface area (Å²) in [5.74, 6) is 1.64. The average molecular weight is 183 g/mol. The monoisotopic (exact) mass is 183 g/mol. The Morgan fingerprint density at radius 3 is 3.17 bits per heavy atom. The van der Waals surface area contributed by atoms with Crippen LogP contribution < -0.4 is 10.1 Å². The second-order valence-corrected chi connectivity index (χ2v) is 4.16. The average Bonchev–Trinajstić information content (AvgIpc) is 2.47. The highest BCUT2D eigenvalue weighted by Gasteiger charge is 2.18. The summed E-state index contributed by atoms with van der Waals surface area (Å²) in [6.07, 6.45) is 0. The highest BCUT2D eigenvalue weighted by molar-refractivity contribution is 7.14. The molecule has 0 spiro atoms. The summed E-state index contributed by atoms with van der Waals surface area (Å²) in [4.78, 5) is 0. The van der Waals surface area contributed by atoms with Gasteiger partial charge in [0.2, 0.25) is 0 Å². The van der Waals surface area contributed by atoms with Crippen LogP contribution in [0.3, 0.4) is 0 Å². The van der Waals surface area contributed by atoms with Crippen molar-refractivity contribution in [3.8, 4) is 5.75 Å². The van der Waals surface area contributed by atoms with Crippen LogP contribution in [-0.2, 0) is 0 Å². The molecule has 2 heterocycles. The number of hydrogen-bond donors (Lipinski definition) is 1. The van der Waals surface area contributed by atoms with Gasteiger partial charge in [-0.1, -0.05) is 13.8 Å². The SMILES string of the molecule is CC(C)c1csc2c1OCCN2. The molecule has 66 valence electrons. The van der Waals surface area contributed by atoms with E-state index in [0.717, 1.165) is 18.9 Å². The Kier molecular flexibility index (Phi) is 1.97. The molecule has 1 aromatic heterocycles. The highest BCUT2D eigenvalue weighted by Crippen LogP contribution is 2.41. The van der Waals surface area contributed by atoms with Gasteiger partial charge in [0.1, 0.15) is 11.6 Å². The fourth-order valence-corrected chi connectivity index (χ4v) is 2.44. The molecule has 0 bridgehead atoms. The van der Waals surface area contributed by atoms with Crippen LogP contribution >= 0.6 is 11.3 Å². The van der Waals surface area contributed by atoms with Gasteiger partial charge in [-0.3, -0.25) is 0 Å². The number of rotatable bonds is 1. The van der Waals surface area contributed by atoms with Gasteiger partial charge in [0.05, 0.1) is 0 Å². The van der Waals surface area contributed by atoms with E-state index >= 15 is 0 Å². The molecular weight excluding hydrogens is 170 g/mol. The molecule has 0 amide bonds. The largest absolute Gasteiger partial charge is 0.488 e. The van der Waals surface area contributed by atoms with Crippen molar-refractivity contribution < 1.29 is 4.74 Å². The second-order valence-electron chi connectivity index (χ2n) is 3.28. The van der Waals surface area contributed by atoms with Crippen LogP contribution in [0.1, 0.15) is 25.3 Å². The molecule has 0 radical (unpaired) electrons. The number of ether oxygens (including phenoxy) is 1. The first kappa shape index (κ1) is 7.92. The molecule has 0 fully saturated rings. The van der Waals surface area contributed by atoms with Crippen LogP contribution in [-0.4, -0.2) is 13.2 Å². The Morgan fingerprint density at radius 1 is 1.58 bits per heavy atom. The molecule has 2 nitrogen and oxygen atoms in total. The molecule has 0 saturated heterocycles. The molecule has 1 aromatic rings. The van der Waals surface area contributed by atoms with Crippen molar-refractivity contribution in [2.75, 3.05) is 18.5 Å². The van der Waals surface area contributed by atoms with Crippen molar-refractivity contribution in [1.29, 1.82) is 0 Å². The lowest BCUT2D eigenvalue weighted by molar-refractivity contribution is 0.321. The van der Waals surface area contributed by atoms with Crippen LogP contribution in [0, 0.1) is 0 Å². The van der Waals surface area contributed by atoms with Gasteiger partial charge in [0.25, 0.3) is 0 Å². The molecule has 1 aliphatic rings. The van der Waals surface area contributed by atoms with Gasteiger partial charge in [-0.05, 0) is 5.92 Å². The van der Waals surface area contributed by atoms with Crippen molar-refractivity contribution in [2.24, 2.45) is 0 Å². The molecule has 0 unspecified atom stereocenters. The van der Waals surface area contributed by atoms with Crippen molar-refractivity contribution >= 4 is 16.3 Å². The maximum Gasteiger partial charge on any atom is 0.157 e. The van der Waals surface area contributed by atoms with E-state index in [-0.39, 0.29) is 0 Å². The van der Waals surface area contributed by atoms with Crippen LogP contribution in [0.2, 0.25) is 0 Å². The van der Waals surface area contributed by atoms with E-state index < -0.39 is 0 Å². The van der Waals surface area contributed by atoms with Gasteiger partial charge in [-0.25, -0.2) is 0 Å². The summed E-state index contributed by atoms with van der Waals surface area (Å²) >= 11 is 1.74. The third-order valence-corrected chi connectivity index (χ3v) is 2.97. The van der Waals surface area contributed by atoms with Gasteiger partial charge in [0, 0.05) is 17.5 Å². The Labute approximate surface area is 76.6 Å². The normalized spacial score (nSPS) is 15.2. The number of fused-ring (bicyclic) bond motifs is 1. The maximum atomic E-state index is 5.60. The van der Waals surface area contributed by atoms with Gasteiger partial charge >= 0.3 is 0 Å². The maximum absolute atomic E-state index is 5.60. The summed E-state index contributed by atoms with van der Waals surface area (Å²) in [6, 6.07) is 0. The molecule has 2 rings (SSSR count). The lowest BCUT2D eigenvalue weighted by Crippen LogP contribution is -2.17. The summed E-state index contributed by atoms with van der Waals surface area (Å²) in [5.41, 5.74) is 1.34. The first-order valence-electron chi connectivity index (χ1n) is 4.27. The van der Waals surface area contributed by atoms with E-state index in [2.05, 4.69) is 24.5 Å². The first-order chi connectivity index (χ1) is 5.79. The minimum atomic E-state index is 0.560. The smallest absolute Gasteiger partial charge is 0.157 e. The molecular formula is C9H13NOS. The molecule has 1 N–H and O–H groups in total. The van der Waals surface area contributed by atoms with E-state index in [9.17, 15) is 0 Å². The predicted molar refractivity (Wildman–Crippen MR) is 52.4 cm³/mol. The molecule has 0 atom stereocenters. The summed E-state index contributed by atoms with van der Waals surface area (Å²) in [6.45, 7) is 6.12. The zero-order valence-electron chi connectivity index (χ0n) is 7.39. The van der Waals surface area contributed by atoms with Crippen LogP contribution in [0.15, 0.2) is 5.38 Å². The van der Waals surface area contributed by atoms with E-state index in [1.165, 1.54) is 10.6 Å². The standard InChI is InChI=1S/C9H13NOS/c1-6(2)7-5-12-9-8(7)11-4-3-10-9/h5-6,10H,3-4H2,1-2H3. The molecule has 0 saturated carbocycles. The van der Waals surface area contributed by atoms with Gasteiger partial charge in [-0.15, -0.1) is 11.3 Å². The zero-order valence-corrected chi connectivity index (χ0v) is 8.20. The molecule has 0 aromatic carbocycles. The first-order valence-corrected chi connectivity index (χ1v) is 5.15. The van der Waals surface area contributed by atoms with Crippen molar-refractivity contribution in [3.63, 3.8) is 0 Å². The number of thiophene rings is 1. The van der Waals surface area contributed by atoms with E-state index in [4.69, 9.17) is 4.74 Å². The summed E-state index contributed by atoms with van der Waals surface area (Å²) in [7, 11) is 0. The molecule has 12 heavy (non-hydrogen) atoms. The van der Waals surface area contributed by atoms with Crippen LogP contribution in [0.5, 0.6) is 5.75 Å². The minimum Gasteiger partial charge on any atom is -0.488 e. The quantitative estimate of drug-likeness (QED) is 0.722. The minimum absolute atomic E-state index is 0.560. The van der Waals surface area contributed by atoms with Gasteiger partial charge in [0.15, 0.2) is 5.75 Å². The lowest BCUT2D eigenvalue weighted by Gasteiger charge is -2.17. The lowest BCUT2D eigenvalue weighted by atomic mass is 10.1. The van der Waals surface area contributed by atoms with Gasteiger partial charge in [-0.2, -0.15) is 0 Å². The Bertz CT molecular complexity index is 280. The van der Waals surface area contributed by atoms with Gasteiger partial charge < -0.3 is 10.1 Å². The van der Waals surface area contributed by atoms with E-state index in [1.807, 2.05) is 0 Å². The zero-order chi connectivity index (χ0) is 8.55. The number of hydrogen-bond acceptors (Lipinski definition) is 3. The Morgan fingerprint density at radius 2 is 2.42 bits per heavy atom. The number of anilines is 1. The van der Waals surface area contributed by atoms with E-state index in [0.29, 0.717) is 5.92 Å². The molecule has 0 aliphatic carbocycles. The van der Waals surface area contributed by atoms with Crippen LogP contribution in [0.25, 0.3) is 0 Å². The second kappa shape index (κ2) is 2.98. The summed E-state index contributed by atoms with van der Waals surface area (Å²) < 4.78 is 5.60. The Hall–Kier alpha value is -0.700. The van der Waals surface area contributed by atoms with Crippen molar-refractivity contribution in [3.05, 3.63) is 10.9 Å². The number of nitrogens with one attached hydrogen (secondary N) is 1. The fourth-order valence-electron chi connectivity index (χ4n) is 1.35. The topological polar surface area (TPSA) is 21.3 Å². The van der Waals surface area contributed by atoms with Crippen LogP contribution in [0.4, 0.5) is 5.00 Å². The third kappa shape index (κ3) is 1.18.